The monoisotopic (exact) mass is 155 g/mol. The van der Waals surface area contributed by atoms with Gasteiger partial charge in [-0.15, -0.1) is 0 Å². The summed E-state index contributed by atoms with van der Waals surface area (Å²) < 4.78 is 0. The summed E-state index contributed by atoms with van der Waals surface area (Å²) >= 11 is 0. The lowest BCUT2D eigenvalue weighted by molar-refractivity contribution is -0.124. The van der Waals surface area contributed by atoms with Crippen molar-refractivity contribution in [3.63, 3.8) is 0 Å². The zero-order chi connectivity index (χ0) is 8.27. The molecule has 2 heteroatoms. The van der Waals surface area contributed by atoms with Gasteiger partial charge in [0.15, 0.2) is 0 Å². The lowest BCUT2D eigenvalue weighted by atomic mass is 9.83. The number of carbonyl (C=O) groups excluding carboxylic acids is 1. The molecule has 0 spiro atoms. The number of hydrogen-bond acceptors (Lipinski definition) is 1. The molecular formula is C9H17NO. The summed E-state index contributed by atoms with van der Waals surface area (Å²) in [7, 11) is 0. The summed E-state index contributed by atoms with van der Waals surface area (Å²) in [4.78, 5) is 11.0. The molecule has 0 unspecified atom stereocenters. The molecule has 0 radical (unpaired) electrons. The highest BCUT2D eigenvalue weighted by molar-refractivity contribution is 5.76. The van der Waals surface area contributed by atoms with Crippen LogP contribution in [0.3, 0.4) is 0 Å². The first-order chi connectivity index (χ1) is 5.27. The standard InChI is InChI=1S/C9H17NO/c1-3-7-5-9(11)10-6-8(7)4-2/h7-8H,3-6H2,1-2H3,(H,10,11)/t7-,8+/m0/s1. The minimum Gasteiger partial charge on any atom is -0.356 e. The Hall–Kier alpha value is -0.530. The molecular weight excluding hydrogens is 138 g/mol. The fraction of sp³-hybridized carbons (Fsp3) is 0.889. The van der Waals surface area contributed by atoms with Crippen LogP contribution in [0.25, 0.3) is 0 Å². The van der Waals surface area contributed by atoms with Crippen LogP contribution in [0.2, 0.25) is 0 Å². The number of amides is 1. The van der Waals surface area contributed by atoms with Gasteiger partial charge >= 0.3 is 0 Å². The Labute approximate surface area is 68.4 Å². The summed E-state index contributed by atoms with van der Waals surface area (Å²) in [6, 6.07) is 0. The van der Waals surface area contributed by atoms with Crippen LogP contribution in [0.5, 0.6) is 0 Å². The third-order valence-corrected chi connectivity index (χ3v) is 2.72. The highest BCUT2D eigenvalue weighted by Gasteiger charge is 2.25. The Kier molecular flexibility index (Phi) is 2.92. The van der Waals surface area contributed by atoms with Crippen molar-refractivity contribution in [2.75, 3.05) is 6.54 Å². The Morgan fingerprint density at radius 1 is 1.36 bits per heavy atom. The van der Waals surface area contributed by atoms with Crippen LogP contribution in [0.4, 0.5) is 0 Å². The normalized spacial score (nSPS) is 31.6. The minimum atomic E-state index is 0.238. The second-order valence-corrected chi connectivity index (χ2v) is 3.34. The van der Waals surface area contributed by atoms with Gasteiger partial charge in [0.25, 0.3) is 0 Å². The van der Waals surface area contributed by atoms with E-state index < -0.39 is 0 Å². The van der Waals surface area contributed by atoms with Crippen molar-refractivity contribution >= 4 is 5.91 Å². The van der Waals surface area contributed by atoms with Crippen LogP contribution in [-0.4, -0.2) is 12.5 Å². The van der Waals surface area contributed by atoms with Crippen molar-refractivity contribution in [3.8, 4) is 0 Å². The van der Waals surface area contributed by atoms with Crippen molar-refractivity contribution in [2.45, 2.75) is 33.1 Å². The minimum absolute atomic E-state index is 0.238. The van der Waals surface area contributed by atoms with Gasteiger partial charge in [0.05, 0.1) is 0 Å². The van der Waals surface area contributed by atoms with E-state index in [1.165, 1.54) is 6.42 Å². The van der Waals surface area contributed by atoms with Gasteiger partial charge in [0.2, 0.25) is 5.91 Å². The molecule has 1 N–H and O–H groups in total. The highest BCUT2D eigenvalue weighted by atomic mass is 16.1. The molecule has 1 aliphatic rings. The topological polar surface area (TPSA) is 29.1 Å². The van der Waals surface area contributed by atoms with Crippen molar-refractivity contribution in [1.29, 1.82) is 0 Å². The Morgan fingerprint density at radius 2 is 2.00 bits per heavy atom. The zero-order valence-electron chi connectivity index (χ0n) is 7.39. The fourth-order valence-corrected chi connectivity index (χ4v) is 1.84. The summed E-state index contributed by atoms with van der Waals surface area (Å²) in [6.07, 6.45) is 3.08. The molecule has 1 heterocycles. The second kappa shape index (κ2) is 3.74. The fourth-order valence-electron chi connectivity index (χ4n) is 1.84. The molecule has 2 atom stereocenters. The number of nitrogens with one attached hydrogen (secondary N) is 1. The maximum Gasteiger partial charge on any atom is 0.220 e. The molecule has 11 heavy (non-hydrogen) atoms. The van der Waals surface area contributed by atoms with E-state index in [-0.39, 0.29) is 5.91 Å². The predicted octanol–water partition coefficient (Wildman–Crippen LogP) is 1.56. The van der Waals surface area contributed by atoms with Crippen molar-refractivity contribution in [3.05, 3.63) is 0 Å². The first-order valence-corrected chi connectivity index (χ1v) is 4.54. The van der Waals surface area contributed by atoms with E-state index in [1.807, 2.05) is 0 Å². The van der Waals surface area contributed by atoms with Crippen molar-refractivity contribution in [2.24, 2.45) is 11.8 Å². The Bertz CT molecular complexity index is 144. The van der Waals surface area contributed by atoms with E-state index in [9.17, 15) is 4.79 Å². The SMILES string of the molecule is CC[C@@H]1CNC(=O)C[C@@H]1CC. The lowest BCUT2D eigenvalue weighted by Crippen LogP contribution is -2.40. The molecule has 1 saturated heterocycles. The van der Waals surface area contributed by atoms with Gasteiger partial charge in [0.1, 0.15) is 0 Å². The molecule has 0 aromatic rings. The van der Waals surface area contributed by atoms with Gasteiger partial charge in [-0.2, -0.15) is 0 Å². The van der Waals surface area contributed by atoms with Gasteiger partial charge in [-0.25, -0.2) is 0 Å². The van der Waals surface area contributed by atoms with Crippen LogP contribution >= 0.6 is 0 Å². The molecule has 2 nitrogen and oxygen atoms in total. The second-order valence-electron chi connectivity index (χ2n) is 3.34. The zero-order valence-corrected chi connectivity index (χ0v) is 7.39. The van der Waals surface area contributed by atoms with Crippen molar-refractivity contribution < 1.29 is 4.79 Å². The smallest absolute Gasteiger partial charge is 0.220 e. The molecule has 0 aliphatic carbocycles. The van der Waals surface area contributed by atoms with Gasteiger partial charge in [-0.3, -0.25) is 4.79 Å². The largest absolute Gasteiger partial charge is 0.356 e. The number of carbonyl (C=O) groups is 1. The van der Waals surface area contributed by atoms with Crippen LogP contribution in [0, 0.1) is 11.8 Å². The van der Waals surface area contributed by atoms with E-state index in [0.29, 0.717) is 5.92 Å². The van der Waals surface area contributed by atoms with E-state index in [1.54, 1.807) is 0 Å². The lowest BCUT2D eigenvalue weighted by Gasteiger charge is -2.29. The quantitative estimate of drug-likeness (QED) is 0.644. The predicted molar refractivity (Wildman–Crippen MR) is 45.2 cm³/mol. The van der Waals surface area contributed by atoms with Crippen molar-refractivity contribution in [1.82, 2.24) is 5.32 Å². The van der Waals surface area contributed by atoms with Gasteiger partial charge in [-0.1, -0.05) is 26.7 Å². The average Bonchev–Trinajstić information content (AvgIpc) is 2.04. The number of rotatable bonds is 2. The molecule has 1 amide bonds. The maximum absolute atomic E-state index is 11.0. The van der Waals surface area contributed by atoms with E-state index >= 15 is 0 Å². The molecule has 1 rings (SSSR count). The molecule has 1 fully saturated rings. The van der Waals surface area contributed by atoms with Crippen LogP contribution in [0.1, 0.15) is 33.1 Å². The van der Waals surface area contributed by atoms with Gasteiger partial charge < -0.3 is 5.32 Å². The molecule has 0 aromatic heterocycles. The third-order valence-electron chi connectivity index (χ3n) is 2.72. The maximum atomic E-state index is 11.0. The molecule has 1 aliphatic heterocycles. The summed E-state index contributed by atoms with van der Waals surface area (Å²) in [5.74, 6) is 1.59. The van der Waals surface area contributed by atoms with Crippen LogP contribution < -0.4 is 5.32 Å². The molecule has 64 valence electrons. The average molecular weight is 155 g/mol. The summed E-state index contributed by atoms with van der Waals surface area (Å²) in [6.45, 7) is 5.27. The van der Waals surface area contributed by atoms with E-state index in [4.69, 9.17) is 0 Å². The molecule has 0 bridgehead atoms. The van der Waals surface area contributed by atoms with E-state index in [0.717, 1.165) is 25.3 Å². The van der Waals surface area contributed by atoms with Crippen LogP contribution in [0.15, 0.2) is 0 Å². The Balaban J connectivity index is 2.48. The first-order valence-electron chi connectivity index (χ1n) is 4.54. The van der Waals surface area contributed by atoms with Gasteiger partial charge in [0, 0.05) is 13.0 Å². The number of piperidine rings is 1. The molecule has 0 aromatic carbocycles. The summed E-state index contributed by atoms with van der Waals surface area (Å²) in [5, 5.41) is 2.91. The van der Waals surface area contributed by atoms with Gasteiger partial charge in [-0.05, 0) is 11.8 Å². The third kappa shape index (κ3) is 1.95. The first kappa shape index (κ1) is 8.57. The van der Waals surface area contributed by atoms with E-state index in [2.05, 4.69) is 19.2 Å². The number of hydrogen-bond donors (Lipinski definition) is 1. The summed E-state index contributed by atoms with van der Waals surface area (Å²) in [5.41, 5.74) is 0. The van der Waals surface area contributed by atoms with Crippen LogP contribution in [-0.2, 0) is 4.79 Å². The highest BCUT2D eigenvalue weighted by Crippen LogP contribution is 2.24. The molecule has 0 saturated carbocycles. The Morgan fingerprint density at radius 3 is 2.55 bits per heavy atom.